The topological polar surface area (TPSA) is 115 Å². The molecule has 4 aromatic rings. The molecule has 3 saturated heterocycles. The summed E-state index contributed by atoms with van der Waals surface area (Å²) in [4.78, 5) is 28.8. The minimum absolute atomic E-state index is 0.0290. The first-order chi connectivity index (χ1) is 21.1. The fourth-order valence-electron chi connectivity index (χ4n) is 6.93. The normalized spacial score (nSPS) is 23.7. The maximum absolute atomic E-state index is 11.3. The fraction of sp³-hybridized carbons (Fsp3) is 0.548. The molecule has 0 radical (unpaired) electrons. The number of hydrogen-bond acceptors (Lipinski definition) is 8. The summed E-state index contributed by atoms with van der Waals surface area (Å²) >= 11 is 8.79. The summed E-state index contributed by atoms with van der Waals surface area (Å²) in [7, 11) is -1.23. The van der Waals surface area contributed by atoms with Crippen molar-refractivity contribution in [3.05, 3.63) is 34.6 Å². The molecule has 3 aromatic heterocycles. The van der Waals surface area contributed by atoms with E-state index in [9.17, 15) is 9.90 Å². The van der Waals surface area contributed by atoms with Crippen LogP contribution < -0.4 is 10.2 Å². The Kier molecular flexibility index (Phi) is 8.07. The number of fused-ring (bicyclic) bond motifs is 4. The third-order valence-corrected chi connectivity index (χ3v) is 12.6. The van der Waals surface area contributed by atoms with Crippen LogP contribution in [0.5, 0.6) is 0 Å². The zero-order chi connectivity index (χ0) is 30.6. The van der Waals surface area contributed by atoms with E-state index in [4.69, 9.17) is 36.0 Å². The number of benzene rings is 1. The molecule has 2 N–H and O–H groups in total. The number of anilines is 1. The Morgan fingerprint density at radius 3 is 2.68 bits per heavy atom. The molecule has 3 aliphatic heterocycles. The molecule has 6 heterocycles. The molecule has 2 bridgehead atoms. The van der Waals surface area contributed by atoms with Gasteiger partial charge in [-0.25, -0.2) is 19.7 Å². The SMILES string of the molecule is C[Si](C)(C)CCOCn1cc(-c2ccc3nc(C4CCOC4)sc3c2Cl)c2ncc(N3C4CCC3CC(NC(=O)O)C4)nc21. The molecule has 1 amide bonds. The van der Waals surface area contributed by atoms with Crippen LogP contribution in [0, 0.1) is 0 Å². The number of ether oxygens (including phenoxy) is 2. The number of piperidine rings is 1. The molecule has 1 aromatic carbocycles. The average molecular weight is 655 g/mol. The molecule has 13 heteroatoms. The minimum Gasteiger partial charge on any atom is -0.465 e. The van der Waals surface area contributed by atoms with E-state index in [1.807, 2.05) is 12.3 Å². The molecule has 0 aliphatic carbocycles. The van der Waals surface area contributed by atoms with Crippen LogP contribution in [0.25, 0.3) is 32.5 Å². The molecule has 0 spiro atoms. The number of thiazole rings is 1. The summed E-state index contributed by atoms with van der Waals surface area (Å²) in [6, 6.07) is 5.61. The summed E-state index contributed by atoms with van der Waals surface area (Å²) in [5, 5.41) is 13.7. The lowest BCUT2D eigenvalue weighted by molar-refractivity contribution is 0.0899. The molecular formula is C31H39ClN6O4SSi. The van der Waals surface area contributed by atoms with E-state index < -0.39 is 14.2 Å². The van der Waals surface area contributed by atoms with E-state index in [0.717, 1.165) is 88.1 Å². The van der Waals surface area contributed by atoms with Crippen LogP contribution >= 0.6 is 22.9 Å². The lowest BCUT2D eigenvalue weighted by Gasteiger charge is -2.39. The maximum Gasteiger partial charge on any atom is 0.404 e. The Morgan fingerprint density at radius 2 is 1.98 bits per heavy atom. The maximum atomic E-state index is 11.3. The molecule has 3 atom stereocenters. The number of nitrogens with zero attached hydrogens (tertiary/aromatic N) is 5. The Bertz CT molecular complexity index is 1690. The van der Waals surface area contributed by atoms with Crippen LogP contribution in [0.1, 0.15) is 43.0 Å². The quantitative estimate of drug-likeness (QED) is 0.147. The highest BCUT2D eigenvalue weighted by Gasteiger charge is 2.42. The number of carboxylic acid groups (broad SMARTS) is 1. The number of hydrogen-bond donors (Lipinski definition) is 2. The van der Waals surface area contributed by atoms with Gasteiger partial charge >= 0.3 is 6.09 Å². The molecule has 234 valence electrons. The van der Waals surface area contributed by atoms with Gasteiger partial charge in [0.15, 0.2) is 5.65 Å². The summed E-state index contributed by atoms with van der Waals surface area (Å²) in [5.41, 5.74) is 4.29. The van der Waals surface area contributed by atoms with Crippen LogP contribution in [0.3, 0.4) is 0 Å². The standard InChI is InChI=1S/C31H39ClN6O4SSi/c1-44(2,3)11-10-42-17-37-15-23(22-6-7-24-28(26(22)32)43-30(35-24)18-8-9-41-16-18)27-29(37)36-25(14-33-27)38-20-4-5-21(38)13-19(12-20)34-31(39)40/h6-7,14-15,18-21,34H,4-5,8-13,16-17H2,1-3H3,(H,39,40). The Morgan fingerprint density at radius 1 is 1.18 bits per heavy atom. The first-order valence-electron chi connectivity index (χ1n) is 15.5. The van der Waals surface area contributed by atoms with Crippen molar-refractivity contribution in [2.75, 3.05) is 24.7 Å². The predicted octanol–water partition coefficient (Wildman–Crippen LogP) is 6.95. The molecule has 3 fully saturated rings. The second kappa shape index (κ2) is 11.9. The number of amides is 1. The number of halogens is 1. The zero-order valence-corrected chi connectivity index (χ0v) is 28.0. The second-order valence-corrected chi connectivity index (χ2v) is 20.6. The number of rotatable bonds is 9. The van der Waals surface area contributed by atoms with Gasteiger partial charge in [-0.15, -0.1) is 11.3 Å². The average Bonchev–Trinajstić information content (AvgIpc) is 3.76. The first kappa shape index (κ1) is 29.9. The van der Waals surface area contributed by atoms with E-state index in [-0.39, 0.29) is 18.1 Å². The highest BCUT2D eigenvalue weighted by molar-refractivity contribution is 7.19. The van der Waals surface area contributed by atoms with E-state index in [2.05, 4.69) is 46.7 Å². The smallest absolute Gasteiger partial charge is 0.404 e. The van der Waals surface area contributed by atoms with Crippen molar-refractivity contribution in [3.63, 3.8) is 0 Å². The van der Waals surface area contributed by atoms with Gasteiger partial charge in [0.1, 0.15) is 18.1 Å². The molecule has 7 rings (SSSR count). The van der Waals surface area contributed by atoms with Crippen LogP contribution in [0.4, 0.5) is 10.6 Å². The van der Waals surface area contributed by atoms with E-state index in [0.29, 0.717) is 30.9 Å². The van der Waals surface area contributed by atoms with Gasteiger partial charge in [-0.3, -0.25) is 0 Å². The number of aromatic nitrogens is 4. The monoisotopic (exact) mass is 654 g/mol. The Labute approximate surface area is 266 Å². The van der Waals surface area contributed by atoms with Crippen molar-refractivity contribution in [2.45, 2.75) is 88.6 Å². The summed E-state index contributed by atoms with van der Waals surface area (Å²) < 4.78 is 14.9. The fourth-order valence-corrected chi connectivity index (χ4v) is 9.19. The number of nitrogens with one attached hydrogen (secondary N) is 1. The van der Waals surface area contributed by atoms with Gasteiger partial charge in [0.25, 0.3) is 0 Å². The number of carbonyl (C=O) groups is 1. The predicted molar refractivity (Wildman–Crippen MR) is 177 cm³/mol. The second-order valence-electron chi connectivity index (χ2n) is 13.6. The third kappa shape index (κ3) is 5.82. The van der Waals surface area contributed by atoms with Crippen molar-refractivity contribution in [1.82, 2.24) is 24.8 Å². The van der Waals surface area contributed by atoms with Crippen molar-refractivity contribution in [3.8, 4) is 11.1 Å². The van der Waals surface area contributed by atoms with Crippen LogP contribution in [0.15, 0.2) is 24.5 Å². The van der Waals surface area contributed by atoms with Gasteiger partial charge in [0.05, 0.1) is 33.1 Å². The van der Waals surface area contributed by atoms with E-state index >= 15 is 0 Å². The van der Waals surface area contributed by atoms with Crippen LogP contribution in [0.2, 0.25) is 30.7 Å². The van der Waals surface area contributed by atoms with E-state index in [1.165, 1.54) is 0 Å². The largest absolute Gasteiger partial charge is 0.465 e. The van der Waals surface area contributed by atoms with Crippen LogP contribution in [-0.2, 0) is 16.2 Å². The first-order valence-corrected chi connectivity index (χ1v) is 20.4. The van der Waals surface area contributed by atoms with Gasteiger partial charge in [-0.2, -0.15) is 0 Å². The summed E-state index contributed by atoms with van der Waals surface area (Å²) in [5.74, 6) is 1.16. The molecule has 0 saturated carbocycles. The molecule has 3 unspecified atom stereocenters. The zero-order valence-electron chi connectivity index (χ0n) is 25.4. The molecule has 10 nitrogen and oxygen atoms in total. The van der Waals surface area contributed by atoms with Crippen molar-refractivity contribution in [2.24, 2.45) is 0 Å². The molecule has 3 aliphatic rings. The highest BCUT2D eigenvalue weighted by atomic mass is 35.5. The van der Waals surface area contributed by atoms with Crippen LogP contribution in [-0.4, -0.2) is 76.7 Å². The van der Waals surface area contributed by atoms with Gasteiger partial charge < -0.3 is 29.4 Å². The molecule has 44 heavy (non-hydrogen) atoms. The van der Waals surface area contributed by atoms with Gasteiger partial charge in [0, 0.05) is 62.7 Å². The molecular weight excluding hydrogens is 616 g/mol. The van der Waals surface area contributed by atoms with Crippen molar-refractivity contribution >= 4 is 64.3 Å². The van der Waals surface area contributed by atoms with Crippen molar-refractivity contribution < 1.29 is 19.4 Å². The highest BCUT2D eigenvalue weighted by Crippen LogP contribution is 2.43. The lowest BCUT2D eigenvalue weighted by atomic mass is 9.97. The Balaban J connectivity index is 1.24. The Hall–Kier alpha value is -2.77. The van der Waals surface area contributed by atoms with Gasteiger partial charge in [-0.05, 0) is 44.2 Å². The minimum atomic E-state index is -1.23. The van der Waals surface area contributed by atoms with Gasteiger partial charge in [-0.1, -0.05) is 37.3 Å². The van der Waals surface area contributed by atoms with Gasteiger partial charge in [0.2, 0.25) is 0 Å². The summed E-state index contributed by atoms with van der Waals surface area (Å²) in [6.45, 7) is 9.62. The summed E-state index contributed by atoms with van der Waals surface area (Å²) in [6.07, 6.45) is 7.56. The van der Waals surface area contributed by atoms with E-state index in [1.54, 1.807) is 11.3 Å². The van der Waals surface area contributed by atoms with Crippen molar-refractivity contribution in [1.29, 1.82) is 0 Å². The lowest BCUT2D eigenvalue weighted by Crippen LogP contribution is -2.50. The third-order valence-electron chi connectivity index (χ3n) is 9.19.